The molecular formula is C14H16OS. The van der Waals surface area contributed by atoms with E-state index in [1.165, 1.54) is 10.4 Å². The van der Waals surface area contributed by atoms with Gasteiger partial charge in [-0.05, 0) is 41.5 Å². The Kier molecular flexibility index (Phi) is 3.42. The number of aliphatic hydroxyl groups is 1. The van der Waals surface area contributed by atoms with Crippen LogP contribution in [-0.4, -0.2) is 5.11 Å². The molecule has 0 spiro atoms. The van der Waals surface area contributed by atoms with Gasteiger partial charge in [-0.15, -0.1) is 11.3 Å². The van der Waals surface area contributed by atoms with Crippen molar-refractivity contribution in [1.29, 1.82) is 0 Å². The van der Waals surface area contributed by atoms with Crippen LogP contribution in [0.5, 0.6) is 0 Å². The number of aliphatic hydroxyl groups excluding tert-OH is 1. The first-order chi connectivity index (χ1) is 7.74. The smallest absolute Gasteiger partial charge is 0.105 e. The normalized spacial score (nSPS) is 12.7. The fourth-order valence-electron chi connectivity index (χ4n) is 1.97. The highest BCUT2D eigenvalue weighted by Gasteiger charge is 2.15. The van der Waals surface area contributed by atoms with Gasteiger partial charge in [0.2, 0.25) is 0 Å². The van der Waals surface area contributed by atoms with Crippen molar-refractivity contribution < 1.29 is 5.11 Å². The van der Waals surface area contributed by atoms with Gasteiger partial charge in [-0.3, -0.25) is 0 Å². The topological polar surface area (TPSA) is 20.2 Å². The van der Waals surface area contributed by atoms with Gasteiger partial charge in [0.1, 0.15) is 6.10 Å². The number of benzene rings is 1. The summed E-state index contributed by atoms with van der Waals surface area (Å²) in [6.07, 6.45) is 0.471. The van der Waals surface area contributed by atoms with Gasteiger partial charge in [0.15, 0.2) is 0 Å². The highest BCUT2D eigenvalue weighted by molar-refractivity contribution is 7.10. The maximum atomic E-state index is 10.4. The number of rotatable bonds is 3. The molecule has 1 unspecified atom stereocenters. The van der Waals surface area contributed by atoms with E-state index in [0.29, 0.717) is 0 Å². The summed E-state index contributed by atoms with van der Waals surface area (Å²) in [6.45, 7) is 4.17. The molecule has 84 valence electrons. The zero-order chi connectivity index (χ0) is 11.5. The lowest BCUT2D eigenvalue weighted by atomic mass is 9.96. The third-order valence-corrected chi connectivity index (χ3v) is 3.79. The highest BCUT2D eigenvalue weighted by Crippen LogP contribution is 2.29. The minimum absolute atomic E-state index is 0.484. The van der Waals surface area contributed by atoms with Crippen LogP contribution in [0.15, 0.2) is 35.7 Å². The Hall–Kier alpha value is -1.12. The molecule has 0 saturated carbocycles. The van der Waals surface area contributed by atoms with Crippen LogP contribution in [0.2, 0.25) is 0 Å². The van der Waals surface area contributed by atoms with E-state index in [4.69, 9.17) is 0 Å². The van der Waals surface area contributed by atoms with Gasteiger partial charge in [0.05, 0.1) is 0 Å². The molecule has 0 radical (unpaired) electrons. The highest BCUT2D eigenvalue weighted by atomic mass is 32.1. The maximum absolute atomic E-state index is 10.4. The monoisotopic (exact) mass is 232 g/mol. The first-order valence-corrected chi connectivity index (χ1v) is 6.42. The maximum Gasteiger partial charge on any atom is 0.105 e. The number of hydrogen-bond donors (Lipinski definition) is 1. The van der Waals surface area contributed by atoms with Crippen molar-refractivity contribution >= 4 is 11.3 Å². The van der Waals surface area contributed by atoms with Gasteiger partial charge in [0, 0.05) is 4.88 Å². The van der Waals surface area contributed by atoms with E-state index < -0.39 is 6.10 Å². The van der Waals surface area contributed by atoms with Crippen LogP contribution in [0.3, 0.4) is 0 Å². The average molecular weight is 232 g/mol. The van der Waals surface area contributed by atoms with Crippen molar-refractivity contribution in [3.05, 3.63) is 57.3 Å². The summed E-state index contributed by atoms with van der Waals surface area (Å²) in [5.41, 5.74) is 3.29. The number of thiophene rings is 1. The molecule has 1 nitrogen and oxygen atoms in total. The van der Waals surface area contributed by atoms with Crippen LogP contribution in [0.1, 0.15) is 34.6 Å². The Balaban J connectivity index is 2.41. The molecule has 2 aromatic rings. The first kappa shape index (κ1) is 11.4. The van der Waals surface area contributed by atoms with E-state index in [-0.39, 0.29) is 0 Å². The van der Waals surface area contributed by atoms with E-state index in [0.717, 1.165) is 17.5 Å². The largest absolute Gasteiger partial charge is 0.384 e. The molecule has 0 amide bonds. The SMILES string of the molecule is CCc1ccccc1C(O)c1ccsc1C. The molecule has 0 fully saturated rings. The molecule has 2 rings (SSSR count). The molecule has 0 saturated heterocycles. The first-order valence-electron chi connectivity index (χ1n) is 5.54. The zero-order valence-electron chi connectivity index (χ0n) is 9.60. The Morgan fingerprint density at radius 1 is 1.19 bits per heavy atom. The molecular weight excluding hydrogens is 216 g/mol. The molecule has 2 heteroatoms. The lowest BCUT2D eigenvalue weighted by molar-refractivity contribution is 0.219. The fraction of sp³-hybridized carbons (Fsp3) is 0.286. The Morgan fingerprint density at radius 3 is 2.56 bits per heavy atom. The van der Waals surface area contributed by atoms with Gasteiger partial charge in [-0.25, -0.2) is 0 Å². The van der Waals surface area contributed by atoms with E-state index in [1.807, 2.05) is 29.6 Å². The van der Waals surface area contributed by atoms with Crippen molar-refractivity contribution in [2.75, 3.05) is 0 Å². The number of hydrogen-bond acceptors (Lipinski definition) is 2. The third-order valence-electron chi connectivity index (χ3n) is 2.92. The zero-order valence-corrected chi connectivity index (χ0v) is 10.4. The summed E-state index contributed by atoms with van der Waals surface area (Å²) < 4.78 is 0. The predicted octanol–water partition coefficient (Wildman–Crippen LogP) is 3.70. The van der Waals surface area contributed by atoms with Crippen LogP contribution < -0.4 is 0 Å². The van der Waals surface area contributed by atoms with E-state index in [2.05, 4.69) is 19.9 Å². The van der Waals surface area contributed by atoms with Gasteiger partial charge >= 0.3 is 0 Å². The van der Waals surface area contributed by atoms with Crippen LogP contribution in [0, 0.1) is 6.92 Å². The summed E-state index contributed by atoms with van der Waals surface area (Å²) in [4.78, 5) is 1.19. The summed E-state index contributed by atoms with van der Waals surface area (Å²) >= 11 is 1.68. The summed E-state index contributed by atoms with van der Waals surface area (Å²) in [6, 6.07) is 10.1. The van der Waals surface area contributed by atoms with E-state index >= 15 is 0 Å². The van der Waals surface area contributed by atoms with Gasteiger partial charge in [-0.1, -0.05) is 31.2 Å². The van der Waals surface area contributed by atoms with Crippen LogP contribution in [0.4, 0.5) is 0 Å². The van der Waals surface area contributed by atoms with Crippen molar-refractivity contribution in [1.82, 2.24) is 0 Å². The van der Waals surface area contributed by atoms with E-state index in [9.17, 15) is 5.11 Å². The molecule has 0 aliphatic carbocycles. The van der Waals surface area contributed by atoms with Crippen molar-refractivity contribution in [3.63, 3.8) is 0 Å². The van der Waals surface area contributed by atoms with Crippen molar-refractivity contribution in [2.45, 2.75) is 26.4 Å². The standard InChI is InChI=1S/C14H16OS/c1-3-11-6-4-5-7-13(11)14(15)12-8-9-16-10(12)2/h4-9,14-15H,3H2,1-2H3. The minimum atomic E-state index is -0.484. The molecule has 16 heavy (non-hydrogen) atoms. The Bertz CT molecular complexity index is 473. The molecule has 1 N–H and O–H groups in total. The number of aryl methyl sites for hydroxylation is 2. The average Bonchev–Trinajstić information content (AvgIpc) is 2.74. The van der Waals surface area contributed by atoms with E-state index in [1.54, 1.807) is 11.3 Å². The third kappa shape index (κ3) is 2.04. The van der Waals surface area contributed by atoms with Crippen molar-refractivity contribution in [3.8, 4) is 0 Å². The molecule has 0 aliphatic rings. The lowest BCUT2D eigenvalue weighted by Gasteiger charge is -2.14. The quantitative estimate of drug-likeness (QED) is 0.855. The Morgan fingerprint density at radius 2 is 1.94 bits per heavy atom. The molecule has 1 atom stereocenters. The van der Waals surface area contributed by atoms with Crippen molar-refractivity contribution in [2.24, 2.45) is 0 Å². The second-order valence-electron chi connectivity index (χ2n) is 3.89. The second-order valence-corrected chi connectivity index (χ2v) is 5.01. The molecule has 0 bridgehead atoms. The minimum Gasteiger partial charge on any atom is -0.384 e. The van der Waals surface area contributed by atoms with Crippen LogP contribution >= 0.6 is 11.3 Å². The van der Waals surface area contributed by atoms with Crippen LogP contribution in [0.25, 0.3) is 0 Å². The predicted molar refractivity (Wildman–Crippen MR) is 68.9 cm³/mol. The van der Waals surface area contributed by atoms with Gasteiger partial charge < -0.3 is 5.11 Å². The molecule has 1 aromatic carbocycles. The summed E-state index contributed by atoms with van der Waals surface area (Å²) in [7, 11) is 0. The Labute approximate surface area is 100 Å². The van der Waals surface area contributed by atoms with Gasteiger partial charge in [0.25, 0.3) is 0 Å². The lowest BCUT2D eigenvalue weighted by Crippen LogP contribution is -2.03. The molecule has 1 heterocycles. The summed E-state index contributed by atoms with van der Waals surface area (Å²) in [5.74, 6) is 0. The van der Waals surface area contributed by atoms with Crippen LogP contribution in [-0.2, 0) is 6.42 Å². The second kappa shape index (κ2) is 4.81. The molecule has 0 aliphatic heterocycles. The summed E-state index contributed by atoms with van der Waals surface area (Å²) in [5, 5.41) is 12.4. The van der Waals surface area contributed by atoms with Gasteiger partial charge in [-0.2, -0.15) is 0 Å². The fourth-order valence-corrected chi connectivity index (χ4v) is 2.70. The molecule has 1 aromatic heterocycles.